The molecule has 152 valence electrons. The van der Waals surface area contributed by atoms with Crippen molar-refractivity contribution >= 4 is 51.2 Å². The number of benzene rings is 2. The van der Waals surface area contributed by atoms with Gasteiger partial charge in [0.05, 0.1) is 16.5 Å². The van der Waals surface area contributed by atoms with Gasteiger partial charge >= 0.3 is 0 Å². The molecule has 2 aromatic heterocycles. The highest BCUT2D eigenvalue weighted by molar-refractivity contribution is 8.01. The molecule has 2 aromatic carbocycles. The highest BCUT2D eigenvalue weighted by atomic mass is 32.2. The van der Waals surface area contributed by atoms with Crippen LogP contribution in [0, 0.1) is 6.92 Å². The molecule has 4 aromatic rings. The van der Waals surface area contributed by atoms with Crippen molar-refractivity contribution < 1.29 is 4.79 Å². The molecule has 6 nitrogen and oxygen atoms in total. The van der Waals surface area contributed by atoms with E-state index in [2.05, 4.69) is 37.9 Å². The maximum Gasteiger partial charge on any atom is 0.234 e. The normalized spacial score (nSPS) is 10.7. The Morgan fingerprint density at radius 2 is 1.97 bits per heavy atom. The van der Waals surface area contributed by atoms with Crippen LogP contribution in [-0.2, 0) is 11.3 Å². The van der Waals surface area contributed by atoms with E-state index in [-0.39, 0.29) is 11.7 Å². The summed E-state index contributed by atoms with van der Waals surface area (Å²) in [6, 6.07) is 17.8. The number of aromatic nitrogens is 3. The number of carbonyl (C=O) groups excluding carboxylic acids is 1. The summed E-state index contributed by atoms with van der Waals surface area (Å²) in [6.07, 6.45) is 0. The first-order valence-corrected chi connectivity index (χ1v) is 11.9. The van der Waals surface area contributed by atoms with Crippen molar-refractivity contribution in [1.82, 2.24) is 15.2 Å². The summed E-state index contributed by atoms with van der Waals surface area (Å²) >= 11 is 4.43. The molecule has 0 saturated carbocycles. The summed E-state index contributed by atoms with van der Waals surface area (Å²) in [6.45, 7) is 2.67. The van der Waals surface area contributed by atoms with Crippen LogP contribution in [0.5, 0.6) is 0 Å². The van der Waals surface area contributed by atoms with Crippen LogP contribution < -0.4 is 10.6 Å². The van der Waals surface area contributed by atoms with Crippen molar-refractivity contribution in [2.45, 2.75) is 17.8 Å². The van der Waals surface area contributed by atoms with Gasteiger partial charge in [-0.1, -0.05) is 65.6 Å². The Bertz CT molecular complexity index is 1130. The molecule has 0 aliphatic carbocycles. The van der Waals surface area contributed by atoms with Crippen LogP contribution in [0.2, 0.25) is 0 Å². The van der Waals surface area contributed by atoms with E-state index in [4.69, 9.17) is 0 Å². The number of thioether (sulfide) groups is 1. The van der Waals surface area contributed by atoms with Gasteiger partial charge < -0.3 is 10.6 Å². The molecular formula is C21H19N5OS3. The molecular weight excluding hydrogens is 434 g/mol. The first kappa shape index (κ1) is 20.5. The molecule has 0 saturated heterocycles. The number of aryl methyl sites for hydroxylation is 1. The highest BCUT2D eigenvalue weighted by Gasteiger charge is 2.10. The van der Waals surface area contributed by atoms with Crippen molar-refractivity contribution in [3.8, 4) is 11.3 Å². The topological polar surface area (TPSA) is 79.8 Å². The lowest BCUT2D eigenvalue weighted by molar-refractivity contribution is -0.113. The molecule has 2 heterocycles. The smallest absolute Gasteiger partial charge is 0.234 e. The SMILES string of the molecule is Cc1nc(-c2cccc(NC(=O)CSc3nnc(NCc4ccccc4)s3)c2)cs1. The lowest BCUT2D eigenvalue weighted by Gasteiger charge is -2.06. The summed E-state index contributed by atoms with van der Waals surface area (Å²) in [5, 5.41) is 18.3. The number of thiazole rings is 1. The van der Waals surface area contributed by atoms with Crippen LogP contribution in [-0.4, -0.2) is 26.8 Å². The zero-order valence-corrected chi connectivity index (χ0v) is 18.6. The van der Waals surface area contributed by atoms with E-state index in [1.807, 2.05) is 54.8 Å². The second-order valence-electron chi connectivity index (χ2n) is 6.38. The maximum absolute atomic E-state index is 12.4. The molecule has 0 aliphatic heterocycles. The van der Waals surface area contributed by atoms with E-state index in [1.165, 1.54) is 28.7 Å². The van der Waals surface area contributed by atoms with Crippen molar-refractivity contribution in [2.75, 3.05) is 16.4 Å². The van der Waals surface area contributed by atoms with Gasteiger partial charge in [-0.05, 0) is 24.6 Å². The van der Waals surface area contributed by atoms with E-state index >= 15 is 0 Å². The van der Waals surface area contributed by atoms with Gasteiger partial charge in [-0.2, -0.15) is 0 Å². The number of hydrogen-bond donors (Lipinski definition) is 2. The van der Waals surface area contributed by atoms with Crippen LogP contribution in [0.15, 0.2) is 64.3 Å². The third-order valence-corrected chi connectivity index (χ3v) is 6.87. The predicted molar refractivity (Wildman–Crippen MR) is 125 cm³/mol. The van der Waals surface area contributed by atoms with Crippen molar-refractivity contribution in [3.63, 3.8) is 0 Å². The number of hydrogen-bond acceptors (Lipinski definition) is 8. The fourth-order valence-electron chi connectivity index (χ4n) is 2.69. The second-order valence-corrected chi connectivity index (χ2v) is 9.64. The monoisotopic (exact) mass is 453 g/mol. The van der Waals surface area contributed by atoms with E-state index < -0.39 is 0 Å². The zero-order valence-electron chi connectivity index (χ0n) is 16.2. The average Bonchev–Trinajstić information content (AvgIpc) is 3.41. The fourth-order valence-corrected chi connectivity index (χ4v) is 4.86. The summed E-state index contributed by atoms with van der Waals surface area (Å²) in [4.78, 5) is 16.8. The van der Waals surface area contributed by atoms with Gasteiger partial charge in [0.15, 0.2) is 4.34 Å². The molecule has 0 unspecified atom stereocenters. The first-order valence-electron chi connectivity index (χ1n) is 9.22. The van der Waals surface area contributed by atoms with Crippen molar-refractivity contribution in [1.29, 1.82) is 0 Å². The standard InChI is InChI=1S/C21H19N5OS3/c1-14-23-18(12-28-14)16-8-5-9-17(10-16)24-19(27)13-29-21-26-25-20(30-21)22-11-15-6-3-2-4-7-15/h2-10,12H,11,13H2,1H3,(H,22,25)(H,24,27). The molecule has 0 atom stereocenters. The first-order chi connectivity index (χ1) is 14.7. The Hall–Kier alpha value is -2.75. The van der Waals surface area contributed by atoms with Gasteiger partial charge in [-0.3, -0.25) is 4.79 Å². The van der Waals surface area contributed by atoms with E-state index in [0.29, 0.717) is 6.54 Å². The lowest BCUT2D eigenvalue weighted by Crippen LogP contribution is -2.13. The van der Waals surface area contributed by atoms with Gasteiger partial charge in [-0.25, -0.2) is 4.98 Å². The van der Waals surface area contributed by atoms with Gasteiger partial charge in [-0.15, -0.1) is 21.5 Å². The van der Waals surface area contributed by atoms with Crippen LogP contribution in [0.1, 0.15) is 10.6 Å². The Labute approximate surface area is 186 Å². The second kappa shape index (κ2) is 9.84. The summed E-state index contributed by atoms with van der Waals surface area (Å²) in [5.74, 6) is 0.188. The number of rotatable bonds is 8. The third-order valence-electron chi connectivity index (χ3n) is 4.08. The maximum atomic E-state index is 12.4. The number of amides is 1. The molecule has 30 heavy (non-hydrogen) atoms. The Morgan fingerprint density at radius 1 is 1.10 bits per heavy atom. The largest absolute Gasteiger partial charge is 0.356 e. The Balaban J connectivity index is 1.27. The number of nitrogens with zero attached hydrogens (tertiary/aromatic N) is 3. The summed E-state index contributed by atoms with van der Waals surface area (Å²) in [7, 11) is 0. The average molecular weight is 454 g/mol. The molecule has 0 fully saturated rings. The molecule has 2 N–H and O–H groups in total. The molecule has 0 bridgehead atoms. The van der Waals surface area contributed by atoms with Crippen molar-refractivity contribution in [2.24, 2.45) is 0 Å². The number of anilines is 2. The van der Waals surface area contributed by atoms with Gasteiger partial charge in [0.1, 0.15) is 0 Å². The van der Waals surface area contributed by atoms with Crippen molar-refractivity contribution in [3.05, 3.63) is 70.5 Å². The molecule has 9 heteroatoms. The van der Waals surface area contributed by atoms with E-state index in [9.17, 15) is 4.79 Å². The van der Waals surface area contributed by atoms with Crippen LogP contribution in [0.3, 0.4) is 0 Å². The minimum absolute atomic E-state index is 0.0828. The van der Waals surface area contributed by atoms with Crippen LogP contribution >= 0.6 is 34.4 Å². The molecule has 4 rings (SSSR count). The fraction of sp³-hybridized carbons (Fsp3) is 0.143. The quantitative estimate of drug-likeness (QED) is 0.352. The minimum atomic E-state index is -0.0828. The summed E-state index contributed by atoms with van der Waals surface area (Å²) in [5.41, 5.74) is 3.85. The van der Waals surface area contributed by atoms with Gasteiger partial charge in [0.2, 0.25) is 11.0 Å². The van der Waals surface area contributed by atoms with E-state index in [1.54, 1.807) is 11.3 Å². The summed E-state index contributed by atoms with van der Waals surface area (Å²) < 4.78 is 0.757. The van der Waals surface area contributed by atoms with Gasteiger partial charge in [0.25, 0.3) is 0 Å². The molecule has 1 amide bonds. The molecule has 0 spiro atoms. The molecule has 0 radical (unpaired) electrons. The minimum Gasteiger partial charge on any atom is -0.356 e. The van der Waals surface area contributed by atoms with Crippen LogP contribution in [0.4, 0.5) is 10.8 Å². The lowest BCUT2D eigenvalue weighted by atomic mass is 10.1. The Morgan fingerprint density at radius 3 is 2.77 bits per heavy atom. The zero-order chi connectivity index (χ0) is 20.8. The van der Waals surface area contributed by atoms with Gasteiger partial charge in [0, 0.05) is 23.2 Å². The van der Waals surface area contributed by atoms with E-state index in [0.717, 1.165) is 31.4 Å². The Kier molecular flexibility index (Phi) is 6.73. The molecule has 0 aliphatic rings. The number of carbonyl (C=O) groups is 1. The number of nitrogens with one attached hydrogen (secondary N) is 2. The highest BCUT2D eigenvalue weighted by Crippen LogP contribution is 2.27. The predicted octanol–water partition coefficient (Wildman–Crippen LogP) is 5.31. The third kappa shape index (κ3) is 5.65. The van der Waals surface area contributed by atoms with Crippen LogP contribution in [0.25, 0.3) is 11.3 Å².